The number of imidazole rings is 1. The van der Waals surface area contributed by atoms with E-state index in [0.29, 0.717) is 19.0 Å². The van der Waals surface area contributed by atoms with Crippen molar-refractivity contribution >= 4 is 11.7 Å². The van der Waals surface area contributed by atoms with Crippen molar-refractivity contribution in [1.29, 1.82) is 0 Å². The van der Waals surface area contributed by atoms with Crippen LogP contribution in [0.5, 0.6) is 5.88 Å². The third-order valence-electron chi connectivity index (χ3n) is 3.86. The molecule has 1 fully saturated rings. The van der Waals surface area contributed by atoms with Gasteiger partial charge in [0.1, 0.15) is 11.8 Å². The zero-order chi connectivity index (χ0) is 17.1. The topological polar surface area (TPSA) is 107 Å². The van der Waals surface area contributed by atoms with Crippen LogP contribution in [0.15, 0.2) is 23.1 Å². The number of aromatic nitrogens is 4. The molecule has 3 heterocycles. The van der Waals surface area contributed by atoms with Crippen molar-refractivity contribution in [3.63, 3.8) is 0 Å². The summed E-state index contributed by atoms with van der Waals surface area (Å²) in [5.74, 6) is 0.977. The molecule has 1 saturated heterocycles. The summed E-state index contributed by atoms with van der Waals surface area (Å²) < 4.78 is 5.85. The molecular formula is C15H20N6O3. The van der Waals surface area contributed by atoms with E-state index in [0.717, 1.165) is 18.7 Å². The number of carbonyl (C=O) groups is 1. The summed E-state index contributed by atoms with van der Waals surface area (Å²) in [5, 5.41) is 8.13. The van der Waals surface area contributed by atoms with Crippen molar-refractivity contribution in [2.45, 2.75) is 18.9 Å². The molecule has 128 valence electrons. The van der Waals surface area contributed by atoms with Crippen LogP contribution in [0.4, 0.5) is 5.82 Å². The van der Waals surface area contributed by atoms with Gasteiger partial charge in [0.25, 0.3) is 5.91 Å². The maximum atomic E-state index is 12.4. The molecule has 9 nitrogen and oxygen atoms in total. The summed E-state index contributed by atoms with van der Waals surface area (Å²) in [6.07, 6.45) is 2.91. The molecule has 2 aromatic rings. The number of amides is 1. The second-order valence-corrected chi connectivity index (χ2v) is 5.91. The zero-order valence-corrected chi connectivity index (χ0v) is 13.7. The lowest BCUT2D eigenvalue weighted by molar-refractivity contribution is 0.0521. The Kier molecular flexibility index (Phi) is 4.50. The van der Waals surface area contributed by atoms with Crippen LogP contribution in [-0.2, 0) is 0 Å². The summed E-state index contributed by atoms with van der Waals surface area (Å²) in [6.45, 7) is 1.08. The Bertz CT molecular complexity index is 751. The monoisotopic (exact) mass is 332 g/mol. The van der Waals surface area contributed by atoms with Crippen LogP contribution in [0.3, 0.4) is 0 Å². The van der Waals surface area contributed by atoms with Gasteiger partial charge in [0, 0.05) is 32.9 Å². The molecule has 1 aliphatic rings. The molecule has 2 aromatic heterocycles. The Hall–Kier alpha value is -2.84. The minimum absolute atomic E-state index is 0.145. The van der Waals surface area contributed by atoms with Gasteiger partial charge >= 0.3 is 5.69 Å². The zero-order valence-electron chi connectivity index (χ0n) is 13.7. The number of carbonyl (C=O) groups excluding carboxylic acids is 1. The molecule has 1 atom stereocenters. The van der Waals surface area contributed by atoms with E-state index in [4.69, 9.17) is 4.74 Å². The third kappa shape index (κ3) is 3.55. The Morgan fingerprint density at radius 2 is 2.21 bits per heavy atom. The second kappa shape index (κ2) is 6.73. The van der Waals surface area contributed by atoms with Crippen molar-refractivity contribution in [2.24, 2.45) is 0 Å². The molecule has 1 aliphatic heterocycles. The molecule has 2 N–H and O–H groups in total. The van der Waals surface area contributed by atoms with Crippen LogP contribution >= 0.6 is 0 Å². The maximum absolute atomic E-state index is 12.4. The number of anilines is 1. The van der Waals surface area contributed by atoms with E-state index >= 15 is 0 Å². The molecular weight excluding hydrogens is 312 g/mol. The average Bonchev–Trinajstić information content (AvgIpc) is 3.01. The standard InChI is InChI=1S/C15H20N6O3/c1-20(2)12-5-6-13(19-18-12)24-10-4-3-7-21(9-10)14(22)11-8-16-15(23)17-11/h5-6,8,10H,3-4,7,9H2,1-2H3,(H2,16,17,23). The lowest BCUT2D eigenvalue weighted by Gasteiger charge is -2.32. The van der Waals surface area contributed by atoms with E-state index in [9.17, 15) is 9.59 Å². The van der Waals surface area contributed by atoms with E-state index in [1.807, 2.05) is 25.1 Å². The van der Waals surface area contributed by atoms with Crippen LogP contribution in [0, 0.1) is 0 Å². The predicted molar refractivity (Wildman–Crippen MR) is 87.3 cm³/mol. The molecule has 1 amide bonds. The van der Waals surface area contributed by atoms with Crippen molar-refractivity contribution in [1.82, 2.24) is 25.1 Å². The normalized spacial score (nSPS) is 17.6. The van der Waals surface area contributed by atoms with Crippen LogP contribution in [0.1, 0.15) is 23.3 Å². The van der Waals surface area contributed by atoms with E-state index in [1.54, 1.807) is 11.0 Å². The fourth-order valence-electron chi connectivity index (χ4n) is 2.62. The first-order valence-electron chi connectivity index (χ1n) is 7.77. The number of ether oxygens (including phenoxy) is 1. The van der Waals surface area contributed by atoms with Gasteiger partial charge in [-0.15, -0.1) is 10.2 Å². The number of H-pyrrole nitrogens is 2. The highest BCUT2D eigenvalue weighted by Crippen LogP contribution is 2.18. The van der Waals surface area contributed by atoms with Crippen molar-refractivity contribution in [3.8, 4) is 5.88 Å². The quantitative estimate of drug-likeness (QED) is 0.831. The Morgan fingerprint density at radius 1 is 1.38 bits per heavy atom. The Balaban J connectivity index is 1.63. The predicted octanol–water partition coefficient (Wildman–Crippen LogP) is 0.243. The van der Waals surface area contributed by atoms with Gasteiger partial charge in [0.15, 0.2) is 5.82 Å². The first-order chi connectivity index (χ1) is 11.5. The molecule has 1 unspecified atom stereocenters. The number of aromatic amines is 2. The van der Waals surface area contributed by atoms with Gasteiger partial charge in [-0.3, -0.25) is 4.79 Å². The van der Waals surface area contributed by atoms with E-state index in [1.165, 1.54) is 6.20 Å². The lowest BCUT2D eigenvalue weighted by atomic mass is 10.1. The minimum Gasteiger partial charge on any atom is -0.471 e. The summed E-state index contributed by atoms with van der Waals surface area (Å²) in [7, 11) is 3.78. The Labute approximate surface area is 138 Å². The van der Waals surface area contributed by atoms with E-state index in [-0.39, 0.29) is 23.4 Å². The number of hydrogen-bond donors (Lipinski definition) is 2. The fraction of sp³-hybridized carbons (Fsp3) is 0.467. The lowest BCUT2D eigenvalue weighted by Crippen LogP contribution is -2.44. The van der Waals surface area contributed by atoms with Gasteiger partial charge in [-0.05, 0) is 18.9 Å². The van der Waals surface area contributed by atoms with Crippen LogP contribution < -0.4 is 15.3 Å². The van der Waals surface area contributed by atoms with Gasteiger partial charge in [0.05, 0.1) is 6.54 Å². The van der Waals surface area contributed by atoms with Gasteiger partial charge in [-0.25, -0.2) is 4.79 Å². The molecule has 0 spiro atoms. The van der Waals surface area contributed by atoms with Gasteiger partial charge in [-0.2, -0.15) is 0 Å². The van der Waals surface area contributed by atoms with E-state index in [2.05, 4.69) is 20.2 Å². The molecule has 0 aliphatic carbocycles. The summed E-state index contributed by atoms with van der Waals surface area (Å²) in [5.41, 5.74) is -0.129. The molecule has 0 aromatic carbocycles. The first kappa shape index (κ1) is 16.0. The van der Waals surface area contributed by atoms with Crippen LogP contribution in [-0.4, -0.2) is 64.3 Å². The largest absolute Gasteiger partial charge is 0.471 e. The first-order valence-corrected chi connectivity index (χ1v) is 7.77. The highest BCUT2D eigenvalue weighted by Gasteiger charge is 2.26. The number of likely N-dealkylation sites (tertiary alicyclic amines) is 1. The molecule has 0 saturated carbocycles. The average molecular weight is 332 g/mol. The van der Waals surface area contributed by atoms with Gasteiger partial charge < -0.3 is 24.5 Å². The number of hydrogen-bond acceptors (Lipinski definition) is 6. The van der Waals surface area contributed by atoms with Crippen LogP contribution in [0.2, 0.25) is 0 Å². The SMILES string of the molecule is CN(C)c1ccc(OC2CCCN(C(=O)c3c[nH]c(=O)[nH]3)C2)nn1. The third-order valence-corrected chi connectivity index (χ3v) is 3.86. The summed E-state index contributed by atoms with van der Waals surface area (Å²) in [4.78, 5) is 32.0. The number of rotatable bonds is 4. The molecule has 24 heavy (non-hydrogen) atoms. The molecule has 9 heteroatoms. The maximum Gasteiger partial charge on any atom is 0.323 e. The highest BCUT2D eigenvalue weighted by molar-refractivity contribution is 5.92. The van der Waals surface area contributed by atoms with Gasteiger partial charge in [0.2, 0.25) is 5.88 Å². The summed E-state index contributed by atoms with van der Waals surface area (Å²) >= 11 is 0. The minimum atomic E-state index is -0.389. The number of nitrogens with zero attached hydrogens (tertiary/aromatic N) is 4. The van der Waals surface area contributed by atoms with Crippen molar-refractivity contribution in [2.75, 3.05) is 32.1 Å². The smallest absolute Gasteiger partial charge is 0.323 e. The van der Waals surface area contributed by atoms with Crippen LogP contribution in [0.25, 0.3) is 0 Å². The van der Waals surface area contributed by atoms with Crippen molar-refractivity contribution in [3.05, 3.63) is 34.5 Å². The van der Waals surface area contributed by atoms with Gasteiger partial charge in [-0.1, -0.05) is 0 Å². The second-order valence-electron chi connectivity index (χ2n) is 5.91. The Morgan fingerprint density at radius 3 is 2.83 bits per heavy atom. The van der Waals surface area contributed by atoms with Crippen molar-refractivity contribution < 1.29 is 9.53 Å². The molecule has 0 bridgehead atoms. The summed E-state index contributed by atoms with van der Waals surface area (Å²) in [6, 6.07) is 3.60. The van der Waals surface area contributed by atoms with E-state index < -0.39 is 0 Å². The number of piperidine rings is 1. The highest BCUT2D eigenvalue weighted by atomic mass is 16.5. The molecule has 3 rings (SSSR count). The number of nitrogens with one attached hydrogen (secondary N) is 2. The fourth-order valence-corrected chi connectivity index (χ4v) is 2.62. The molecule has 0 radical (unpaired) electrons.